The molecule has 0 unspecified atom stereocenters. The third-order valence-electron chi connectivity index (χ3n) is 1.72. The quantitative estimate of drug-likeness (QED) is 0.910. The lowest BCUT2D eigenvalue weighted by Gasteiger charge is -2.10. The standard InChI is InChI=1S/C9H10BrClO2/c1-13-9-6(4-5-12)8(11)3-2-7(9)10/h2-3,12H,4-5H2,1H3. The van der Waals surface area contributed by atoms with Crippen LogP contribution in [0.3, 0.4) is 0 Å². The van der Waals surface area contributed by atoms with Crippen LogP contribution in [-0.4, -0.2) is 18.8 Å². The Morgan fingerprint density at radius 3 is 2.77 bits per heavy atom. The third-order valence-corrected chi connectivity index (χ3v) is 2.70. The van der Waals surface area contributed by atoms with Crippen LogP contribution in [0.5, 0.6) is 5.75 Å². The predicted molar refractivity (Wildman–Crippen MR) is 56.5 cm³/mol. The van der Waals surface area contributed by atoms with Gasteiger partial charge in [-0.3, -0.25) is 0 Å². The number of ether oxygens (including phenoxy) is 1. The fraction of sp³-hybridized carbons (Fsp3) is 0.333. The summed E-state index contributed by atoms with van der Waals surface area (Å²) in [5, 5.41) is 9.45. The van der Waals surface area contributed by atoms with Gasteiger partial charge in [-0.25, -0.2) is 0 Å². The minimum atomic E-state index is 0.0620. The summed E-state index contributed by atoms with van der Waals surface area (Å²) in [6.07, 6.45) is 0.501. The highest BCUT2D eigenvalue weighted by atomic mass is 79.9. The van der Waals surface area contributed by atoms with Gasteiger partial charge in [0.25, 0.3) is 0 Å². The molecule has 1 aromatic rings. The van der Waals surface area contributed by atoms with E-state index in [4.69, 9.17) is 21.4 Å². The Hall–Kier alpha value is -0.250. The van der Waals surface area contributed by atoms with Crippen molar-refractivity contribution in [1.29, 1.82) is 0 Å². The molecule has 1 rings (SSSR count). The van der Waals surface area contributed by atoms with Crippen molar-refractivity contribution >= 4 is 27.5 Å². The number of aliphatic hydroxyl groups excluding tert-OH is 1. The van der Waals surface area contributed by atoms with Crippen LogP contribution in [-0.2, 0) is 6.42 Å². The van der Waals surface area contributed by atoms with Gasteiger partial charge in [0.05, 0.1) is 11.6 Å². The normalized spacial score (nSPS) is 10.2. The highest BCUT2D eigenvalue weighted by molar-refractivity contribution is 9.10. The van der Waals surface area contributed by atoms with Crippen molar-refractivity contribution in [3.63, 3.8) is 0 Å². The second-order valence-corrected chi connectivity index (χ2v) is 3.78. The fourth-order valence-electron chi connectivity index (χ4n) is 1.14. The topological polar surface area (TPSA) is 29.5 Å². The molecule has 4 heteroatoms. The van der Waals surface area contributed by atoms with Gasteiger partial charge in [-0.15, -0.1) is 0 Å². The third kappa shape index (κ3) is 2.36. The van der Waals surface area contributed by atoms with E-state index in [1.165, 1.54) is 0 Å². The minimum Gasteiger partial charge on any atom is -0.495 e. The molecule has 0 spiro atoms. The van der Waals surface area contributed by atoms with Crippen LogP contribution in [0.2, 0.25) is 5.02 Å². The van der Waals surface area contributed by atoms with E-state index in [1.54, 1.807) is 13.2 Å². The van der Waals surface area contributed by atoms with Crippen LogP contribution >= 0.6 is 27.5 Å². The van der Waals surface area contributed by atoms with Crippen molar-refractivity contribution in [1.82, 2.24) is 0 Å². The van der Waals surface area contributed by atoms with Crippen LogP contribution in [0.4, 0.5) is 0 Å². The highest BCUT2D eigenvalue weighted by Crippen LogP contribution is 2.34. The Labute approximate surface area is 90.6 Å². The number of hydrogen-bond acceptors (Lipinski definition) is 2. The molecular formula is C9H10BrClO2. The summed E-state index contributed by atoms with van der Waals surface area (Å²) in [6, 6.07) is 3.60. The smallest absolute Gasteiger partial charge is 0.137 e. The van der Waals surface area contributed by atoms with E-state index in [2.05, 4.69) is 15.9 Å². The van der Waals surface area contributed by atoms with E-state index in [9.17, 15) is 0 Å². The molecule has 0 saturated heterocycles. The maximum absolute atomic E-state index is 8.83. The Balaban J connectivity index is 3.18. The summed E-state index contributed by atoms with van der Waals surface area (Å²) in [4.78, 5) is 0. The molecule has 0 aliphatic rings. The fourth-order valence-corrected chi connectivity index (χ4v) is 1.92. The van der Waals surface area contributed by atoms with E-state index in [0.717, 1.165) is 10.0 Å². The molecule has 0 amide bonds. The van der Waals surface area contributed by atoms with Crippen LogP contribution in [0.1, 0.15) is 5.56 Å². The van der Waals surface area contributed by atoms with Gasteiger partial charge in [0.15, 0.2) is 0 Å². The van der Waals surface area contributed by atoms with Gasteiger partial charge >= 0.3 is 0 Å². The second-order valence-electron chi connectivity index (χ2n) is 2.51. The molecule has 0 saturated carbocycles. The van der Waals surface area contributed by atoms with Crippen molar-refractivity contribution in [3.8, 4) is 5.75 Å². The molecule has 0 aliphatic heterocycles. The largest absolute Gasteiger partial charge is 0.495 e. The van der Waals surface area contributed by atoms with E-state index in [-0.39, 0.29) is 6.61 Å². The van der Waals surface area contributed by atoms with Crippen LogP contribution in [0, 0.1) is 0 Å². The van der Waals surface area contributed by atoms with E-state index < -0.39 is 0 Å². The summed E-state index contributed by atoms with van der Waals surface area (Å²) < 4.78 is 6.02. The molecule has 0 fully saturated rings. The second kappa shape index (κ2) is 4.84. The van der Waals surface area contributed by atoms with Crippen molar-refractivity contribution in [3.05, 3.63) is 27.2 Å². The van der Waals surface area contributed by atoms with Crippen LogP contribution < -0.4 is 4.74 Å². The Kier molecular flexibility index (Phi) is 4.03. The maximum atomic E-state index is 8.83. The monoisotopic (exact) mass is 264 g/mol. The van der Waals surface area contributed by atoms with Gasteiger partial charge in [0.2, 0.25) is 0 Å². The SMILES string of the molecule is COc1c(Br)ccc(Cl)c1CCO. The molecule has 1 N–H and O–H groups in total. The van der Waals surface area contributed by atoms with E-state index in [0.29, 0.717) is 17.2 Å². The average molecular weight is 266 g/mol. The van der Waals surface area contributed by atoms with Gasteiger partial charge in [-0.1, -0.05) is 11.6 Å². The molecule has 0 heterocycles. The van der Waals surface area contributed by atoms with Gasteiger partial charge < -0.3 is 9.84 Å². The van der Waals surface area contributed by atoms with Crippen molar-refractivity contribution in [2.45, 2.75) is 6.42 Å². The van der Waals surface area contributed by atoms with Crippen molar-refractivity contribution < 1.29 is 9.84 Å². The van der Waals surface area contributed by atoms with Gasteiger partial charge in [0.1, 0.15) is 5.75 Å². The number of hydrogen-bond donors (Lipinski definition) is 1. The summed E-state index contributed by atoms with van der Waals surface area (Å²) >= 11 is 9.29. The molecule has 2 nitrogen and oxygen atoms in total. The number of methoxy groups -OCH3 is 1. The number of benzene rings is 1. The first-order valence-corrected chi connectivity index (χ1v) is 4.99. The molecule has 0 atom stereocenters. The van der Waals surface area contributed by atoms with Crippen LogP contribution in [0.25, 0.3) is 0 Å². The van der Waals surface area contributed by atoms with Gasteiger partial charge in [0, 0.05) is 23.6 Å². The highest BCUT2D eigenvalue weighted by Gasteiger charge is 2.10. The maximum Gasteiger partial charge on any atom is 0.137 e. The lowest BCUT2D eigenvalue weighted by atomic mass is 10.1. The molecule has 0 bridgehead atoms. The molecule has 0 aliphatic carbocycles. The zero-order valence-electron chi connectivity index (χ0n) is 7.18. The lowest BCUT2D eigenvalue weighted by molar-refractivity contribution is 0.296. The molecule has 72 valence electrons. The van der Waals surface area contributed by atoms with Crippen molar-refractivity contribution in [2.75, 3.05) is 13.7 Å². The van der Waals surface area contributed by atoms with Gasteiger partial charge in [-0.05, 0) is 28.1 Å². The molecule has 0 radical (unpaired) electrons. The molecule has 0 aromatic heterocycles. The Morgan fingerprint density at radius 2 is 2.23 bits per heavy atom. The summed E-state index contributed by atoms with van der Waals surface area (Å²) in [7, 11) is 1.58. The van der Waals surface area contributed by atoms with Gasteiger partial charge in [-0.2, -0.15) is 0 Å². The summed E-state index contributed by atoms with van der Waals surface area (Å²) in [6.45, 7) is 0.0620. The Morgan fingerprint density at radius 1 is 1.54 bits per heavy atom. The number of rotatable bonds is 3. The van der Waals surface area contributed by atoms with Crippen molar-refractivity contribution in [2.24, 2.45) is 0 Å². The number of aliphatic hydroxyl groups is 1. The summed E-state index contributed by atoms with van der Waals surface area (Å²) in [5.41, 5.74) is 0.834. The van der Waals surface area contributed by atoms with E-state index in [1.807, 2.05) is 6.07 Å². The lowest BCUT2D eigenvalue weighted by Crippen LogP contribution is -1.97. The number of halogens is 2. The average Bonchev–Trinajstić information content (AvgIpc) is 2.12. The first-order chi connectivity index (χ1) is 6.20. The Bertz CT molecular complexity index is 302. The molecular weight excluding hydrogens is 255 g/mol. The molecule has 13 heavy (non-hydrogen) atoms. The first-order valence-electron chi connectivity index (χ1n) is 3.82. The minimum absolute atomic E-state index is 0.0620. The van der Waals surface area contributed by atoms with Crippen LogP contribution in [0.15, 0.2) is 16.6 Å². The molecule has 1 aromatic carbocycles. The first kappa shape index (κ1) is 10.8. The van der Waals surface area contributed by atoms with E-state index >= 15 is 0 Å². The predicted octanol–water partition coefficient (Wildman–Crippen LogP) is 2.65. The zero-order valence-corrected chi connectivity index (χ0v) is 9.52. The zero-order chi connectivity index (χ0) is 9.84. The summed E-state index contributed by atoms with van der Waals surface area (Å²) in [5.74, 6) is 0.696.